The molecule has 0 bridgehead atoms. The topological polar surface area (TPSA) is 105 Å². The lowest BCUT2D eigenvalue weighted by molar-refractivity contribution is 0.104. The van der Waals surface area contributed by atoms with Crippen molar-refractivity contribution >= 4 is 27.6 Å². The highest BCUT2D eigenvalue weighted by Gasteiger charge is 2.07. The summed E-state index contributed by atoms with van der Waals surface area (Å²) < 4.78 is 35.2. The molecule has 2 aromatic rings. The first-order valence-electron chi connectivity index (χ1n) is 7.80. The van der Waals surface area contributed by atoms with E-state index < -0.39 is 10.0 Å². The lowest BCUT2D eigenvalue weighted by Gasteiger charge is -2.08. The summed E-state index contributed by atoms with van der Waals surface area (Å²) in [6, 6.07) is 13.1. The summed E-state index contributed by atoms with van der Waals surface area (Å²) in [6.07, 6.45) is 4.09. The number of ketones is 1. The first kappa shape index (κ1) is 20.0. The van der Waals surface area contributed by atoms with Gasteiger partial charge in [-0.3, -0.25) is 9.52 Å². The van der Waals surface area contributed by atoms with E-state index in [1.165, 1.54) is 25.3 Å². The molecule has 1 N–H and O–H groups in total. The molecule has 0 atom stereocenters. The predicted octanol–water partition coefficient (Wildman–Crippen LogP) is 2.87. The molecule has 0 spiro atoms. The summed E-state index contributed by atoms with van der Waals surface area (Å²) in [6.45, 7) is -0.0891. The molecule has 2 aromatic carbocycles. The predicted molar refractivity (Wildman–Crippen MR) is 102 cm³/mol. The molecule has 0 aliphatic heterocycles. The fourth-order valence-corrected chi connectivity index (χ4v) is 2.77. The van der Waals surface area contributed by atoms with E-state index >= 15 is 0 Å². The average Bonchev–Trinajstić information content (AvgIpc) is 2.64. The maximum atomic E-state index is 12.3. The van der Waals surface area contributed by atoms with Crippen LogP contribution in [0.2, 0.25) is 0 Å². The molecule has 0 fully saturated rings. The van der Waals surface area contributed by atoms with E-state index in [4.69, 9.17) is 14.7 Å². The number of ether oxygens (including phenoxy) is 2. The van der Waals surface area contributed by atoms with Gasteiger partial charge in [0.2, 0.25) is 10.0 Å². The zero-order valence-electron chi connectivity index (χ0n) is 14.8. The highest BCUT2D eigenvalue weighted by molar-refractivity contribution is 7.92. The van der Waals surface area contributed by atoms with E-state index in [9.17, 15) is 13.2 Å². The number of carbonyl (C=O) groups is 1. The van der Waals surface area contributed by atoms with Crippen LogP contribution in [0.25, 0.3) is 6.08 Å². The Morgan fingerprint density at radius 2 is 1.89 bits per heavy atom. The molecule has 0 radical (unpaired) electrons. The number of carbonyl (C=O) groups excluding carboxylic acids is 1. The number of nitrogens with zero attached hydrogens (tertiary/aromatic N) is 1. The molecular weight excluding hydrogens is 368 g/mol. The molecule has 0 unspecified atom stereocenters. The number of benzene rings is 2. The van der Waals surface area contributed by atoms with E-state index in [1.807, 2.05) is 6.07 Å². The SMILES string of the molecule is COc1cc(/C=C\C(=O)c2ccc(NS(C)(=O)=O)cc2)ccc1OCC#N. The van der Waals surface area contributed by atoms with Gasteiger partial charge in [-0.15, -0.1) is 0 Å². The summed E-state index contributed by atoms with van der Waals surface area (Å²) in [4.78, 5) is 12.3. The number of nitriles is 1. The van der Waals surface area contributed by atoms with Crippen LogP contribution in [0.3, 0.4) is 0 Å². The number of hydrogen-bond donors (Lipinski definition) is 1. The maximum absolute atomic E-state index is 12.3. The highest BCUT2D eigenvalue weighted by Crippen LogP contribution is 2.28. The van der Waals surface area contributed by atoms with E-state index in [0.717, 1.165) is 11.8 Å². The van der Waals surface area contributed by atoms with Gasteiger partial charge >= 0.3 is 0 Å². The fourth-order valence-electron chi connectivity index (χ4n) is 2.20. The Morgan fingerprint density at radius 3 is 2.48 bits per heavy atom. The minimum atomic E-state index is -3.36. The Morgan fingerprint density at radius 1 is 1.19 bits per heavy atom. The van der Waals surface area contributed by atoms with Gasteiger partial charge in [0, 0.05) is 11.3 Å². The molecule has 0 aliphatic rings. The van der Waals surface area contributed by atoms with Gasteiger partial charge in [0.05, 0.1) is 13.4 Å². The van der Waals surface area contributed by atoms with Crippen molar-refractivity contribution in [1.82, 2.24) is 0 Å². The largest absolute Gasteiger partial charge is 0.493 e. The molecule has 0 aromatic heterocycles. The van der Waals surface area contributed by atoms with Crippen LogP contribution in [-0.4, -0.2) is 34.2 Å². The minimum absolute atomic E-state index is 0.0891. The molecule has 0 saturated carbocycles. The minimum Gasteiger partial charge on any atom is -0.493 e. The Labute approximate surface area is 157 Å². The van der Waals surface area contributed by atoms with Crippen LogP contribution in [0.4, 0.5) is 5.69 Å². The van der Waals surface area contributed by atoms with E-state index in [1.54, 1.807) is 36.4 Å². The normalized spacial score (nSPS) is 11.0. The van der Waals surface area contributed by atoms with E-state index in [2.05, 4.69) is 4.72 Å². The number of hydrogen-bond acceptors (Lipinski definition) is 6. The Kier molecular flexibility index (Phi) is 6.57. The monoisotopic (exact) mass is 386 g/mol. The van der Waals surface area contributed by atoms with Crippen molar-refractivity contribution in [2.24, 2.45) is 0 Å². The van der Waals surface area contributed by atoms with Gasteiger partial charge in [-0.25, -0.2) is 8.42 Å². The molecule has 0 heterocycles. The van der Waals surface area contributed by atoms with Crippen molar-refractivity contribution in [1.29, 1.82) is 5.26 Å². The van der Waals surface area contributed by atoms with Crippen molar-refractivity contribution in [3.8, 4) is 17.6 Å². The molecule has 7 nitrogen and oxygen atoms in total. The van der Waals surface area contributed by atoms with Gasteiger partial charge in [-0.2, -0.15) is 5.26 Å². The van der Waals surface area contributed by atoms with Crippen LogP contribution in [0.1, 0.15) is 15.9 Å². The molecule has 8 heteroatoms. The lowest BCUT2D eigenvalue weighted by Crippen LogP contribution is -2.09. The first-order chi connectivity index (χ1) is 12.8. The number of anilines is 1. The van der Waals surface area contributed by atoms with E-state index in [0.29, 0.717) is 22.7 Å². The third kappa shape index (κ3) is 6.17. The van der Waals surface area contributed by atoms with Crippen LogP contribution in [0.15, 0.2) is 48.5 Å². The number of rotatable bonds is 8. The van der Waals surface area contributed by atoms with Gasteiger partial charge in [-0.1, -0.05) is 12.1 Å². The third-order valence-electron chi connectivity index (χ3n) is 3.38. The number of nitrogens with one attached hydrogen (secondary N) is 1. The van der Waals surface area contributed by atoms with Crippen LogP contribution in [0.5, 0.6) is 11.5 Å². The molecular formula is C19H18N2O5S. The van der Waals surface area contributed by atoms with Gasteiger partial charge in [0.25, 0.3) is 0 Å². The zero-order valence-corrected chi connectivity index (χ0v) is 15.6. The Bertz CT molecular complexity index is 990. The van der Waals surface area contributed by atoms with Crippen LogP contribution in [-0.2, 0) is 10.0 Å². The van der Waals surface area contributed by atoms with Crippen LogP contribution < -0.4 is 14.2 Å². The van der Waals surface area contributed by atoms with Gasteiger partial charge in [-0.05, 0) is 48.0 Å². The van der Waals surface area contributed by atoms with Crippen molar-refractivity contribution in [2.75, 3.05) is 24.7 Å². The maximum Gasteiger partial charge on any atom is 0.229 e. The van der Waals surface area contributed by atoms with Gasteiger partial charge in [0.15, 0.2) is 23.9 Å². The second kappa shape index (κ2) is 8.87. The zero-order chi connectivity index (χ0) is 19.9. The van der Waals surface area contributed by atoms with E-state index in [-0.39, 0.29) is 12.4 Å². The van der Waals surface area contributed by atoms with Crippen molar-refractivity contribution in [2.45, 2.75) is 0 Å². The summed E-state index contributed by atoms with van der Waals surface area (Å²) in [7, 11) is -1.88. The molecule has 0 aliphatic carbocycles. The second-order valence-corrected chi connectivity index (χ2v) is 7.25. The van der Waals surface area contributed by atoms with Gasteiger partial charge in [0.1, 0.15) is 6.07 Å². The van der Waals surface area contributed by atoms with Crippen molar-refractivity contribution in [3.05, 3.63) is 59.7 Å². The quantitative estimate of drug-likeness (QED) is 0.552. The van der Waals surface area contributed by atoms with Crippen LogP contribution in [0, 0.1) is 11.3 Å². The smallest absolute Gasteiger partial charge is 0.229 e. The summed E-state index contributed by atoms with van der Waals surface area (Å²) in [5.74, 6) is 0.664. The molecule has 140 valence electrons. The molecule has 0 amide bonds. The highest BCUT2D eigenvalue weighted by atomic mass is 32.2. The summed E-state index contributed by atoms with van der Waals surface area (Å²) >= 11 is 0. The fraction of sp³-hybridized carbons (Fsp3) is 0.158. The Balaban J connectivity index is 2.11. The van der Waals surface area contributed by atoms with Gasteiger partial charge < -0.3 is 9.47 Å². The third-order valence-corrected chi connectivity index (χ3v) is 3.99. The van der Waals surface area contributed by atoms with Crippen molar-refractivity contribution < 1.29 is 22.7 Å². The van der Waals surface area contributed by atoms with Crippen LogP contribution >= 0.6 is 0 Å². The molecule has 0 saturated heterocycles. The first-order valence-corrected chi connectivity index (χ1v) is 9.69. The second-order valence-electron chi connectivity index (χ2n) is 5.51. The standard InChI is InChI=1S/C19H18N2O5S/c1-25-19-13-14(4-10-18(19)26-12-11-20)3-9-17(22)15-5-7-16(8-6-15)21-27(2,23)24/h3-10,13,21H,12H2,1-2H3/b9-3-. The Hall–Kier alpha value is -3.31. The molecule has 2 rings (SSSR count). The summed E-state index contributed by atoms with van der Waals surface area (Å²) in [5, 5.41) is 8.57. The number of allylic oxidation sites excluding steroid dienone is 1. The molecule has 27 heavy (non-hydrogen) atoms. The number of methoxy groups -OCH3 is 1. The number of sulfonamides is 1. The lowest BCUT2D eigenvalue weighted by atomic mass is 10.1. The van der Waals surface area contributed by atoms with Crippen molar-refractivity contribution in [3.63, 3.8) is 0 Å². The average molecular weight is 386 g/mol. The summed E-state index contributed by atoms with van der Waals surface area (Å²) in [5.41, 5.74) is 1.53.